The van der Waals surface area contributed by atoms with Crippen LogP contribution < -0.4 is 16.0 Å². The first kappa shape index (κ1) is 12.8. The van der Waals surface area contributed by atoms with Crippen molar-refractivity contribution < 1.29 is 4.79 Å². The highest BCUT2D eigenvalue weighted by atomic mass is 16.2. The third kappa shape index (κ3) is 2.98. The number of anilines is 2. The van der Waals surface area contributed by atoms with Crippen LogP contribution in [0.3, 0.4) is 0 Å². The van der Waals surface area contributed by atoms with Gasteiger partial charge in [0.2, 0.25) is 5.91 Å². The lowest BCUT2D eigenvalue weighted by molar-refractivity contribution is -0.117. The Morgan fingerprint density at radius 1 is 1.50 bits per heavy atom. The monoisotopic (exact) mass is 248 g/mol. The number of pyridine rings is 1. The molecule has 1 saturated heterocycles. The number of carbonyl (C=O) groups excluding carboxylic acids is 1. The molecule has 1 aliphatic heterocycles. The molecule has 98 valence electrons. The number of nitrogens with two attached hydrogens (primary N) is 1. The zero-order chi connectivity index (χ0) is 13.0. The molecule has 1 aromatic heterocycles. The molecule has 0 aliphatic carbocycles. The molecular weight excluding hydrogens is 228 g/mol. The molecule has 0 saturated carbocycles. The first-order chi connectivity index (χ1) is 8.70. The predicted octanol–water partition coefficient (Wildman–Crippen LogP) is 1.36. The summed E-state index contributed by atoms with van der Waals surface area (Å²) in [7, 11) is 0. The number of carbonyl (C=O) groups is 1. The van der Waals surface area contributed by atoms with Gasteiger partial charge in [0.25, 0.3) is 0 Å². The van der Waals surface area contributed by atoms with Gasteiger partial charge in [0.15, 0.2) is 0 Å². The van der Waals surface area contributed by atoms with Crippen LogP contribution in [-0.4, -0.2) is 30.0 Å². The molecule has 18 heavy (non-hydrogen) atoms. The van der Waals surface area contributed by atoms with Gasteiger partial charge >= 0.3 is 0 Å². The molecule has 5 nitrogen and oxygen atoms in total. The molecule has 0 bridgehead atoms. The zero-order valence-corrected chi connectivity index (χ0v) is 10.7. The van der Waals surface area contributed by atoms with Gasteiger partial charge < -0.3 is 16.0 Å². The third-order valence-electron chi connectivity index (χ3n) is 3.22. The van der Waals surface area contributed by atoms with Gasteiger partial charge in [0.05, 0.1) is 17.9 Å². The molecule has 1 unspecified atom stereocenters. The fourth-order valence-electron chi connectivity index (χ4n) is 2.01. The number of nitrogens with one attached hydrogen (secondary N) is 1. The Hall–Kier alpha value is -1.62. The quantitative estimate of drug-likeness (QED) is 0.844. The van der Waals surface area contributed by atoms with Crippen molar-refractivity contribution in [3.8, 4) is 0 Å². The van der Waals surface area contributed by atoms with Crippen LogP contribution in [0.25, 0.3) is 0 Å². The van der Waals surface area contributed by atoms with Crippen molar-refractivity contribution in [1.29, 1.82) is 0 Å². The van der Waals surface area contributed by atoms with Gasteiger partial charge in [0.1, 0.15) is 5.82 Å². The molecule has 1 aromatic rings. The van der Waals surface area contributed by atoms with E-state index < -0.39 is 6.04 Å². The minimum absolute atomic E-state index is 0.159. The smallest absolute Gasteiger partial charge is 0.241 e. The van der Waals surface area contributed by atoms with Crippen molar-refractivity contribution in [3.63, 3.8) is 0 Å². The number of rotatable bonds is 4. The van der Waals surface area contributed by atoms with Gasteiger partial charge in [0, 0.05) is 13.1 Å². The summed E-state index contributed by atoms with van der Waals surface area (Å²) in [6.07, 6.45) is 4.77. The van der Waals surface area contributed by atoms with E-state index in [1.807, 2.05) is 19.1 Å². The van der Waals surface area contributed by atoms with E-state index in [1.165, 1.54) is 12.8 Å². The summed E-state index contributed by atoms with van der Waals surface area (Å²) in [5.41, 5.74) is 6.35. The first-order valence-electron chi connectivity index (χ1n) is 6.48. The molecule has 0 aromatic carbocycles. The third-order valence-corrected chi connectivity index (χ3v) is 3.22. The molecule has 0 radical (unpaired) electrons. The first-order valence-corrected chi connectivity index (χ1v) is 6.48. The normalized spacial score (nSPS) is 16.7. The van der Waals surface area contributed by atoms with Crippen LogP contribution >= 0.6 is 0 Å². The van der Waals surface area contributed by atoms with E-state index in [4.69, 9.17) is 5.73 Å². The molecular formula is C13H20N4O. The van der Waals surface area contributed by atoms with Crippen LogP contribution in [0.4, 0.5) is 11.5 Å². The van der Waals surface area contributed by atoms with Crippen LogP contribution in [0.1, 0.15) is 26.2 Å². The topological polar surface area (TPSA) is 71.2 Å². The zero-order valence-electron chi connectivity index (χ0n) is 10.7. The predicted molar refractivity (Wildman–Crippen MR) is 72.6 cm³/mol. The Labute approximate surface area is 107 Å². The molecule has 3 N–H and O–H groups in total. The summed E-state index contributed by atoms with van der Waals surface area (Å²) in [6.45, 7) is 4.03. The maximum absolute atomic E-state index is 11.6. The Balaban J connectivity index is 1.97. The van der Waals surface area contributed by atoms with Gasteiger partial charge in [-0.05, 0) is 31.4 Å². The molecule has 0 spiro atoms. The van der Waals surface area contributed by atoms with Crippen LogP contribution in [-0.2, 0) is 4.79 Å². The van der Waals surface area contributed by atoms with E-state index in [0.717, 1.165) is 18.9 Å². The van der Waals surface area contributed by atoms with Crippen molar-refractivity contribution in [2.75, 3.05) is 23.3 Å². The van der Waals surface area contributed by atoms with E-state index in [2.05, 4.69) is 15.2 Å². The lowest BCUT2D eigenvalue weighted by Crippen LogP contribution is -2.34. The summed E-state index contributed by atoms with van der Waals surface area (Å²) in [5.74, 6) is 0.818. The highest BCUT2D eigenvalue weighted by molar-refractivity contribution is 5.94. The second kappa shape index (κ2) is 5.82. The van der Waals surface area contributed by atoms with Crippen LogP contribution in [0, 0.1) is 0 Å². The molecule has 1 atom stereocenters. The Morgan fingerprint density at radius 3 is 2.78 bits per heavy atom. The van der Waals surface area contributed by atoms with E-state index in [0.29, 0.717) is 12.1 Å². The van der Waals surface area contributed by atoms with Gasteiger partial charge in [-0.3, -0.25) is 4.79 Å². The number of nitrogens with zero attached hydrogens (tertiary/aromatic N) is 2. The fourth-order valence-corrected chi connectivity index (χ4v) is 2.01. The Kier molecular flexibility index (Phi) is 4.15. The number of aromatic nitrogens is 1. The summed E-state index contributed by atoms with van der Waals surface area (Å²) in [5, 5.41) is 2.77. The largest absolute Gasteiger partial charge is 0.357 e. The average molecular weight is 248 g/mol. The molecule has 1 fully saturated rings. The highest BCUT2D eigenvalue weighted by Gasteiger charge is 2.14. The van der Waals surface area contributed by atoms with Gasteiger partial charge in [-0.15, -0.1) is 0 Å². The van der Waals surface area contributed by atoms with Gasteiger partial charge in [-0.2, -0.15) is 0 Å². The maximum Gasteiger partial charge on any atom is 0.241 e. The summed E-state index contributed by atoms with van der Waals surface area (Å²) in [4.78, 5) is 18.2. The highest BCUT2D eigenvalue weighted by Crippen LogP contribution is 2.19. The van der Waals surface area contributed by atoms with Crippen molar-refractivity contribution in [3.05, 3.63) is 18.3 Å². The molecule has 2 heterocycles. The molecule has 2 rings (SSSR count). The summed E-state index contributed by atoms with van der Waals surface area (Å²) >= 11 is 0. The molecule has 5 heteroatoms. The van der Waals surface area contributed by atoms with Gasteiger partial charge in [-0.25, -0.2) is 4.98 Å². The van der Waals surface area contributed by atoms with Crippen LogP contribution in [0.5, 0.6) is 0 Å². The Morgan fingerprint density at radius 2 is 2.22 bits per heavy atom. The molecule has 1 amide bonds. The van der Waals surface area contributed by atoms with Crippen molar-refractivity contribution in [2.24, 2.45) is 5.73 Å². The van der Waals surface area contributed by atoms with Crippen LogP contribution in [0.15, 0.2) is 18.3 Å². The number of hydrogen-bond donors (Lipinski definition) is 2. The van der Waals surface area contributed by atoms with E-state index in [1.54, 1.807) is 6.20 Å². The maximum atomic E-state index is 11.6. The van der Waals surface area contributed by atoms with E-state index >= 15 is 0 Å². The standard InChI is InChI=1S/C13H20N4O/c1-2-11(14)13(18)16-10-5-6-12(15-9-10)17-7-3-4-8-17/h5-6,9,11H,2-4,7-8,14H2,1H3,(H,16,18). The molecule has 1 aliphatic rings. The fraction of sp³-hybridized carbons (Fsp3) is 0.538. The minimum Gasteiger partial charge on any atom is -0.357 e. The second-order valence-electron chi connectivity index (χ2n) is 4.60. The van der Waals surface area contributed by atoms with Crippen molar-refractivity contribution in [1.82, 2.24) is 4.98 Å². The number of hydrogen-bond acceptors (Lipinski definition) is 4. The lowest BCUT2D eigenvalue weighted by atomic mass is 10.2. The lowest BCUT2D eigenvalue weighted by Gasteiger charge is -2.16. The number of amides is 1. The van der Waals surface area contributed by atoms with Crippen molar-refractivity contribution >= 4 is 17.4 Å². The summed E-state index contributed by atoms with van der Waals surface area (Å²) < 4.78 is 0. The summed E-state index contributed by atoms with van der Waals surface area (Å²) in [6, 6.07) is 3.36. The van der Waals surface area contributed by atoms with Gasteiger partial charge in [-0.1, -0.05) is 6.92 Å². The average Bonchev–Trinajstić information content (AvgIpc) is 2.92. The Bertz CT molecular complexity index is 398. The minimum atomic E-state index is -0.455. The van der Waals surface area contributed by atoms with E-state index in [9.17, 15) is 4.79 Å². The SMILES string of the molecule is CCC(N)C(=O)Nc1ccc(N2CCCC2)nc1. The van der Waals surface area contributed by atoms with Crippen LogP contribution in [0.2, 0.25) is 0 Å². The second-order valence-corrected chi connectivity index (χ2v) is 4.60. The van der Waals surface area contributed by atoms with E-state index in [-0.39, 0.29) is 5.91 Å². The van der Waals surface area contributed by atoms with Crippen molar-refractivity contribution in [2.45, 2.75) is 32.2 Å².